The second kappa shape index (κ2) is 7.42. The summed E-state index contributed by atoms with van der Waals surface area (Å²) in [6.07, 6.45) is -0.295. The fourth-order valence-electron chi connectivity index (χ4n) is 4.66. The Morgan fingerprint density at radius 3 is 2.79 bits per heavy atom. The summed E-state index contributed by atoms with van der Waals surface area (Å²) in [5.41, 5.74) is 0.378. The number of alkyl halides is 2. The zero-order valence-corrected chi connectivity index (χ0v) is 18.1. The van der Waals surface area contributed by atoms with Crippen LogP contribution in [0.2, 0.25) is 0 Å². The molecule has 9 nitrogen and oxygen atoms in total. The molecule has 0 radical (unpaired) electrons. The Morgan fingerprint density at radius 1 is 1.36 bits per heavy atom. The minimum Gasteiger partial charge on any atom is -0.490 e. The predicted octanol–water partition coefficient (Wildman–Crippen LogP) is 0.784. The van der Waals surface area contributed by atoms with Crippen molar-refractivity contribution < 1.29 is 28.2 Å². The number of likely N-dealkylation sites (N-methyl/N-ethyl adjacent to an activating group) is 2. The number of anilines is 1. The van der Waals surface area contributed by atoms with E-state index in [2.05, 4.69) is 15.3 Å². The number of fused-ring (bicyclic) bond motifs is 2. The average molecular weight is 459 g/mol. The number of carbonyl (C=O) groups excluding carboxylic acids is 2. The molecule has 3 aliphatic rings. The maximum atomic E-state index is 14.6. The summed E-state index contributed by atoms with van der Waals surface area (Å²) in [4.78, 5) is 35.4. The lowest BCUT2D eigenvalue weighted by atomic mass is 9.89. The molecule has 1 aromatic carbocycles. The number of aliphatic hydroxyl groups is 1. The Labute approximate surface area is 188 Å². The van der Waals surface area contributed by atoms with Crippen LogP contribution in [0.15, 0.2) is 18.2 Å². The molecule has 1 fully saturated rings. The van der Waals surface area contributed by atoms with Gasteiger partial charge in [-0.2, -0.15) is 8.78 Å². The SMILES string of the molecule is CNC1(C(=O)N(C)C=O)COc2cc(-c3nc(N4CC(O)C4)nc4c3CCC4(F)F)ccc21. The third-order valence-corrected chi connectivity index (χ3v) is 6.61. The van der Waals surface area contributed by atoms with E-state index in [1.54, 1.807) is 30.1 Å². The lowest BCUT2D eigenvalue weighted by Gasteiger charge is -2.36. The Hall–Kier alpha value is -3.18. The molecule has 3 heterocycles. The summed E-state index contributed by atoms with van der Waals surface area (Å²) >= 11 is 0. The van der Waals surface area contributed by atoms with Crippen LogP contribution in [0.4, 0.5) is 14.7 Å². The lowest BCUT2D eigenvalue weighted by Crippen LogP contribution is -2.54. The number of aliphatic hydroxyl groups excluding tert-OH is 1. The molecule has 0 spiro atoms. The second-order valence-corrected chi connectivity index (χ2v) is 8.64. The second-order valence-electron chi connectivity index (χ2n) is 8.64. The highest BCUT2D eigenvalue weighted by molar-refractivity contribution is 5.95. The van der Waals surface area contributed by atoms with E-state index in [0.717, 1.165) is 4.90 Å². The van der Waals surface area contributed by atoms with Crippen molar-refractivity contribution in [3.8, 4) is 17.0 Å². The molecule has 33 heavy (non-hydrogen) atoms. The van der Waals surface area contributed by atoms with Gasteiger partial charge < -0.3 is 14.7 Å². The van der Waals surface area contributed by atoms with Crippen molar-refractivity contribution in [2.75, 3.05) is 38.7 Å². The molecule has 2 N–H and O–H groups in total. The Bertz CT molecular complexity index is 1150. The summed E-state index contributed by atoms with van der Waals surface area (Å²) in [7, 11) is 2.98. The van der Waals surface area contributed by atoms with Crippen LogP contribution in [0.25, 0.3) is 11.3 Å². The number of nitrogens with zero attached hydrogens (tertiary/aromatic N) is 4. The van der Waals surface area contributed by atoms with Gasteiger partial charge in [-0.25, -0.2) is 9.97 Å². The number of ether oxygens (including phenoxy) is 1. The van der Waals surface area contributed by atoms with Gasteiger partial charge in [-0.15, -0.1) is 0 Å². The zero-order chi connectivity index (χ0) is 23.5. The van der Waals surface area contributed by atoms with Crippen LogP contribution >= 0.6 is 0 Å². The van der Waals surface area contributed by atoms with Gasteiger partial charge in [0.15, 0.2) is 5.54 Å². The molecule has 5 rings (SSSR count). The van der Waals surface area contributed by atoms with E-state index in [9.17, 15) is 23.5 Å². The molecule has 0 bridgehead atoms. The summed E-state index contributed by atoms with van der Waals surface area (Å²) in [6.45, 7) is 0.554. The normalized spacial score (nSPS) is 22.9. The highest BCUT2D eigenvalue weighted by atomic mass is 19.3. The van der Waals surface area contributed by atoms with E-state index in [4.69, 9.17) is 4.74 Å². The standard InChI is InChI=1S/C22H23F2N5O4/c1-25-21(19(32)28(2)11-30)10-33-16-7-12(3-4-15(16)21)17-14-5-6-22(23,24)18(14)27-20(26-17)29-8-13(31)9-29/h3-4,7,11,13,25,31H,5-6,8-10H2,1-2H3. The Balaban J connectivity index is 1.59. The fraction of sp³-hybridized carbons (Fsp3) is 0.455. The molecule has 1 aromatic heterocycles. The van der Waals surface area contributed by atoms with Gasteiger partial charge in [-0.1, -0.05) is 12.1 Å². The van der Waals surface area contributed by atoms with Crippen molar-refractivity contribution in [1.29, 1.82) is 0 Å². The molecule has 2 amide bonds. The predicted molar refractivity (Wildman–Crippen MR) is 113 cm³/mol. The number of aromatic nitrogens is 2. The first-order chi connectivity index (χ1) is 15.7. The summed E-state index contributed by atoms with van der Waals surface area (Å²) in [6, 6.07) is 5.08. The molecular weight excluding hydrogens is 436 g/mol. The summed E-state index contributed by atoms with van der Waals surface area (Å²) in [5, 5.41) is 12.6. The first-order valence-corrected chi connectivity index (χ1v) is 10.6. The summed E-state index contributed by atoms with van der Waals surface area (Å²) < 4.78 is 35.0. The zero-order valence-electron chi connectivity index (χ0n) is 18.1. The minimum atomic E-state index is -3.05. The molecule has 1 atom stereocenters. The van der Waals surface area contributed by atoms with E-state index < -0.39 is 23.5 Å². The molecule has 0 saturated carbocycles. The number of β-amino-alcohol motifs (C(OH)–C–C–N with tert-alkyl or cyclic N) is 1. The van der Waals surface area contributed by atoms with Crippen molar-refractivity contribution in [3.05, 3.63) is 35.0 Å². The largest absolute Gasteiger partial charge is 0.490 e. The third-order valence-electron chi connectivity index (χ3n) is 6.61. The molecule has 11 heteroatoms. The Kier molecular flexibility index (Phi) is 4.87. The van der Waals surface area contributed by atoms with Gasteiger partial charge in [0.25, 0.3) is 11.8 Å². The number of nitrogens with one attached hydrogen (secondary N) is 1. The Morgan fingerprint density at radius 2 is 2.12 bits per heavy atom. The van der Waals surface area contributed by atoms with Gasteiger partial charge in [0.1, 0.15) is 18.1 Å². The van der Waals surface area contributed by atoms with Gasteiger partial charge in [-0.3, -0.25) is 19.8 Å². The van der Waals surface area contributed by atoms with Crippen LogP contribution in [0, 0.1) is 0 Å². The molecule has 1 aliphatic carbocycles. The van der Waals surface area contributed by atoms with Crippen LogP contribution in [0.1, 0.15) is 23.2 Å². The maximum Gasteiger partial charge on any atom is 0.290 e. The monoisotopic (exact) mass is 459 g/mol. The van der Waals surface area contributed by atoms with Crippen molar-refractivity contribution in [2.45, 2.75) is 30.4 Å². The van der Waals surface area contributed by atoms with Gasteiger partial charge in [-0.05, 0) is 19.5 Å². The van der Waals surface area contributed by atoms with E-state index in [1.807, 2.05) is 0 Å². The number of carbonyl (C=O) groups is 2. The summed E-state index contributed by atoms with van der Waals surface area (Å²) in [5.74, 6) is -2.95. The van der Waals surface area contributed by atoms with E-state index >= 15 is 0 Å². The van der Waals surface area contributed by atoms with E-state index in [-0.39, 0.29) is 44.2 Å². The lowest BCUT2D eigenvalue weighted by molar-refractivity contribution is -0.142. The van der Waals surface area contributed by atoms with E-state index in [0.29, 0.717) is 34.5 Å². The van der Waals surface area contributed by atoms with Crippen LogP contribution < -0.4 is 15.0 Å². The number of benzene rings is 1. The molecular formula is C22H23F2N5O4. The smallest absolute Gasteiger partial charge is 0.290 e. The molecule has 2 aromatic rings. The van der Waals surface area contributed by atoms with E-state index in [1.165, 1.54) is 7.05 Å². The van der Waals surface area contributed by atoms with Crippen molar-refractivity contribution in [3.63, 3.8) is 0 Å². The van der Waals surface area contributed by atoms with Gasteiger partial charge in [0.2, 0.25) is 12.4 Å². The van der Waals surface area contributed by atoms with Crippen LogP contribution in [-0.2, 0) is 27.5 Å². The third kappa shape index (κ3) is 3.17. The first-order valence-electron chi connectivity index (χ1n) is 10.6. The fourth-order valence-corrected chi connectivity index (χ4v) is 4.66. The molecule has 2 aliphatic heterocycles. The molecule has 174 valence electrons. The molecule has 1 unspecified atom stereocenters. The molecule has 1 saturated heterocycles. The number of hydrogen-bond donors (Lipinski definition) is 2. The quantitative estimate of drug-likeness (QED) is 0.632. The highest BCUT2D eigenvalue weighted by Gasteiger charge is 2.48. The van der Waals surface area contributed by atoms with Gasteiger partial charge in [0, 0.05) is 43.2 Å². The van der Waals surface area contributed by atoms with Gasteiger partial charge in [0.05, 0.1) is 11.8 Å². The van der Waals surface area contributed by atoms with Crippen LogP contribution in [0.5, 0.6) is 5.75 Å². The van der Waals surface area contributed by atoms with Crippen molar-refractivity contribution in [2.24, 2.45) is 0 Å². The number of amides is 2. The van der Waals surface area contributed by atoms with Gasteiger partial charge >= 0.3 is 0 Å². The van der Waals surface area contributed by atoms with Crippen LogP contribution in [0.3, 0.4) is 0 Å². The number of hydrogen-bond acceptors (Lipinski definition) is 8. The number of rotatable bonds is 5. The first kappa shape index (κ1) is 21.7. The number of halogens is 2. The van der Waals surface area contributed by atoms with Crippen LogP contribution in [-0.4, -0.2) is 72.2 Å². The minimum absolute atomic E-state index is 0.0177. The topological polar surface area (TPSA) is 108 Å². The maximum absolute atomic E-state index is 14.6. The number of imide groups is 1. The average Bonchev–Trinajstić information content (AvgIpc) is 3.32. The van der Waals surface area contributed by atoms with Crippen molar-refractivity contribution >= 4 is 18.3 Å². The van der Waals surface area contributed by atoms with Crippen molar-refractivity contribution in [1.82, 2.24) is 20.2 Å². The highest BCUT2D eigenvalue weighted by Crippen LogP contribution is 2.46.